The van der Waals surface area contributed by atoms with E-state index in [9.17, 15) is 4.79 Å². The average Bonchev–Trinajstić information content (AvgIpc) is 2.61. The summed E-state index contributed by atoms with van der Waals surface area (Å²) >= 11 is 2.01. The Morgan fingerprint density at radius 2 is 2.20 bits per heavy atom. The molecule has 1 atom stereocenters. The number of hydrogen-bond donors (Lipinski definition) is 0. The number of rotatable bonds is 2. The van der Waals surface area contributed by atoms with Crippen molar-refractivity contribution in [1.82, 2.24) is 4.90 Å². The van der Waals surface area contributed by atoms with Crippen molar-refractivity contribution < 1.29 is 4.79 Å². The lowest BCUT2D eigenvalue weighted by molar-refractivity contribution is -0.128. The largest absolute Gasteiger partial charge is 0.341 e. The van der Waals surface area contributed by atoms with Gasteiger partial charge < -0.3 is 4.90 Å². The van der Waals surface area contributed by atoms with E-state index in [0.717, 1.165) is 6.54 Å². The molecule has 0 aromatic rings. The predicted molar refractivity (Wildman–Crippen MR) is 60.3 cm³/mol. The van der Waals surface area contributed by atoms with E-state index in [1.165, 1.54) is 24.3 Å². The fourth-order valence-corrected chi connectivity index (χ4v) is 3.48. The van der Waals surface area contributed by atoms with E-state index in [1.54, 1.807) is 0 Å². The lowest BCUT2D eigenvalue weighted by Gasteiger charge is -2.26. The van der Waals surface area contributed by atoms with Gasteiger partial charge in [0.1, 0.15) is 0 Å². The predicted octanol–water partition coefficient (Wildman–Crippen LogP) is 1.50. The van der Waals surface area contributed by atoms with Crippen molar-refractivity contribution in [2.75, 3.05) is 24.6 Å². The van der Waals surface area contributed by atoms with Gasteiger partial charge in [-0.1, -0.05) is 0 Å². The van der Waals surface area contributed by atoms with E-state index in [2.05, 4.69) is 6.07 Å². The van der Waals surface area contributed by atoms with Crippen LogP contribution in [-0.4, -0.2) is 35.4 Å². The molecule has 1 amide bonds. The molecular formula is C11H16N2OS. The van der Waals surface area contributed by atoms with E-state index in [4.69, 9.17) is 5.26 Å². The van der Waals surface area contributed by atoms with Gasteiger partial charge in [0.15, 0.2) is 0 Å². The molecule has 0 radical (unpaired) electrons. The van der Waals surface area contributed by atoms with E-state index < -0.39 is 0 Å². The van der Waals surface area contributed by atoms with Gasteiger partial charge in [-0.2, -0.15) is 17.0 Å². The standard InChI is InChI=1S/C11H16N2OS/c12-6-10-5-11(14)13(8-10)7-9-1-3-15-4-2-9/h9-10H,1-5,7-8H2. The molecule has 4 heteroatoms. The Labute approximate surface area is 94.8 Å². The van der Waals surface area contributed by atoms with Crippen LogP contribution in [0.3, 0.4) is 0 Å². The molecule has 0 N–H and O–H groups in total. The highest BCUT2D eigenvalue weighted by Crippen LogP contribution is 2.26. The summed E-state index contributed by atoms with van der Waals surface area (Å²) in [5.74, 6) is 3.26. The number of amides is 1. The van der Waals surface area contributed by atoms with E-state index in [0.29, 0.717) is 18.9 Å². The molecule has 0 spiro atoms. The fourth-order valence-electron chi connectivity index (χ4n) is 2.28. The molecular weight excluding hydrogens is 208 g/mol. The summed E-state index contributed by atoms with van der Waals surface area (Å²) in [6.07, 6.45) is 2.90. The molecule has 15 heavy (non-hydrogen) atoms. The van der Waals surface area contributed by atoms with Gasteiger partial charge in [-0.05, 0) is 30.3 Å². The highest BCUT2D eigenvalue weighted by Gasteiger charge is 2.31. The number of carbonyl (C=O) groups excluding carboxylic acids is 1. The van der Waals surface area contributed by atoms with E-state index >= 15 is 0 Å². The van der Waals surface area contributed by atoms with Crippen LogP contribution >= 0.6 is 11.8 Å². The van der Waals surface area contributed by atoms with Crippen molar-refractivity contribution in [1.29, 1.82) is 5.26 Å². The molecule has 3 nitrogen and oxygen atoms in total. The number of thioether (sulfide) groups is 1. The Morgan fingerprint density at radius 3 is 2.80 bits per heavy atom. The molecule has 1 unspecified atom stereocenters. The molecule has 2 aliphatic rings. The third-order valence-corrected chi connectivity index (χ3v) is 4.27. The third-order valence-electron chi connectivity index (χ3n) is 3.22. The smallest absolute Gasteiger partial charge is 0.224 e. The summed E-state index contributed by atoms with van der Waals surface area (Å²) in [5, 5.41) is 8.78. The molecule has 0 aromatic carbocycles. The van der Waals surface area contributed by atoms with E-state index in [-0.39, 0.29) is 11.8 Å². The monoisotopic (exact) mass is 224 g/mol. The minimum Gasteiger partial charge on any atom is -0.341 e. The number of likely N-dealkylation sites (tertiary alicyclic amines) is 1. The van der Waals surface area contributed by atoms with Crippen LogP contribution in [0.2, 0.25) is 0 Å². The maximum absolute atomic E-state index is 11.6. The Balaban J connectivity index is 1.84. The van der Waals surface area contributed by atoms with Gasteiger partial charge in [0.05, 0.1) is 12.0 Å². The molecule has 2 fully saturated rings. The molecule has 2 aliphatic heterocycles. The molecule has 0 aromatic heterocycles. The van der Waals surface area contributed by atoms with E-state index in [1.807, 2.05) is 16.7 Å². The molecule has 0 bridgehead atoms. The maximum atomic E-state index is 11.6. The van der Waals surface area contributed by atoms with Crippen molar-refractivity contribution in [3.8, 4) is 6.07 Å². The second kappa shape index (κ2) is 4.89. The van der Waals surface area contributed by atoms with Crippen LogP contribution in [0.25, 0.3) is 0 Å². The Hall–Kier alpha value is -0.690. The van der Waals surface area contributed by atoms with Crippen LogP contribution in [0, 0.1) is 23.2 Å². The maximum Gasteiger partial charge on any atom is 0.224 e. The van der Waals surface area contributed by atoms with Gasteiger partial charge in [-0.3, -0.25) is 4.79 Å². The minimum absolute atomic E-state index is 0.0598. The van der Waals surface area contributed by atoms with Gasteiger partial charge in [0.2, 0.25) is 5.91 Å². The van der Waals surface area contributed by atoms with Gasteiger partial charge >= 0.3 is 0 Å². The third kappa shape index (κ3) is 2.66. The van der Waals surface area contributed by atoms with Crippen LogP contribution < -0.4 is 0 Å². The summed E-state index contributed by atoms with van der Waals surface area (Å²) in [6.45, 7) is 1.55. The average molecular weight is 224 g/mol. The minimum atomic E-state index is -0.0598. The number of nitrogens with zero attached hydrogens (tertiary/aromatic N) is 2. The summed E-state index contributed by atoms with van der Waals surface area (Å²) in [6, 6.07) is 2.19. The van der Waals surface area contributed by atoms with Gasteiger partial charge in [0.25, 0.3) is 0 Å². The second-order valence-corrected chi connectivity index (χ2v) is 5.61. The number of nitriles is 1. The quantitative estimate of drug-likeness (QED) is 0.714. The SMILES string of the molecule is N#CC1CC(=O)N(CC2CCSCC2)C1. The van der Waals surface area contributed by atoms with Crippen molar-refractivity contribution in [3.05, 3.63) is 0 Å². The number of carbonyl (C=O) groups is 1. The molecule has 2 heterocycles. The highest BCUT2D eigenvalue weighted by molar-refractivity contribution is 7.99. The summed E-state index contributed by atoms with van der Waals surface area (Å²) < 4.78 is 0. The first-order chi connectivity index (χ1) is 7.29. The molecule has 2 saturated heterocycles. The van der Waals surface area contributed by atoms with Gasteiger partial charge in [-0.25, -0.2) is 0 Å². The van der Waals surface area contributed by atoms with Crippen LogP contribution in [0.4, 0.5) is 0 Å². The summed E-state index contributed by atoms with van der Waals surface area (Å²) in [5.41, 5.74) is 0. The van der Waals surface area contributed by atoms with Crippen molar-refractivity contribution in [3.63, 3.8) is 0 Å². The molecule has 0 saturated carbocycles. The highest BCUT2D eigenvalue weighted by atomic mass is 32.2. The van der Waals surface area contributed by atoms with Crippen LogP contribution in [0.1, 0.15) is 19.3 Å². The Morgan fingerprint density at radius 1 is 1.47 bits per heavy atom. The zero-order chi connectivity index (χ0) is 10.7. The van der Waals surface area contributed by atoms with Crippen LogP contribution in [0.5, 0.6) is 0 Å². The zero-order valence-corrected chi connectivity index (χ0v) is 9.63. The van der Waals surface area contributed by atoms with Crippen LogP contribution in [-0.2, 0) is 4.79 Å². The van der Waals surface area contributed by atoms with Gasteiger partial charge in [0, 0.05) is 19.5 Å². The normalized spacial score (nSPS) is 28.1. The van der Waals surface area contributed by atoms with Crippen LogP contribution in [0.15, 0.2) is 0 Å². The number of hydrogen-bond acceptors (Lipinski definition) is 3. The molecule has 82 valence electrons. The first kappa shape index (κ1) is 10.8. The second-order valence-electron chi connectivity index (χ2n) is 4.38. The Bertz CT molecular complexity index is 281. The molecule has 2 rings (SSSR count). The Kier molecular flexibility index (Phi) is 3.53. The van der Waals surface area contributed by atoms with Gasteiger partial charge in [-0.15, -0.1) is 0 Å². The molecule has 0 aliphatic carbocycles. The lowest BCUT2D eigenvalue weighted by Crippen LogP contribution is -2.32. The summed E-state index contributed by atoms with van der Waals surface area (Å²) in [7, 11) is 0. The van der Waals surface area contributed by atoms with Crippen molar-refractivity contribution in [2.45, 2.75) is 19.3 Å². The lowest BCUT2D eigenvalue weighted by atomic mass is 10.0. The first-order valence-electron chi connectivity index (χ1n) is 5.54. The van der Waals surface area contributed by atoms with Crippen molar-refractivity contribution in [2.24, 2.45) is 11.8 Å². The topological polar surface area (TPSA) is 44.1 Å². The fraction of sp³-hybridized carbons (Fsp3) is 0.818. The van der Waals surface area contributed by atoms with Crippen molar-refractivity contribution >= 4 is 17.7 Å². The summed E-state index contributed by atoms with van der Waals surface area (Å²) in [4.78, 5) is 13.5. The zero-order valence-electron chi connectivity index (χ0n) is 8.82. The first-order valence-corrected chi connectivity index (χ1v) is 6.70.